The summed E-state index contributed by atoms with van der Waals surface area (Å²) in [5.41, 5.74) is 8.46. The van der Waals surface area contributed by atoms with Gasteiger partial charge in [-0.05, 0) is 24.6 Å². The number of hydrogen-bond donors (Lipinski definition) is 1. The number of benzene rings is 1. The molecule has 2 heterocycles. The van der Waals surface area contributed by atoms with Gasteiger partial charge >= 0.3 is 0 Å². The molecule has 1 aliphatic heterocycles. The van der Waals surface area contributed by atoms with E-state index in [1.807, 2.05) is 31.2 Å². The number of rotatable bonds is 1. The Hall–Kier alpha value is -1.81. The van der Waals surface area contributed by atoms with Crippen LogP contribution >= 0.6 is 11.3 Å². The number of amides is 1. The third-order valence-corrected chi connectivity index (χ3v) is 4.38. The second kappa shape index (κ2) is 3.60. The number of carbonyl (C=O) groups excluding carboxylic acids is 1. The van der Waals surface area contributed by atoms with Gasteiger partial charge in [-0.2, -0.15) is 0 Å². The molecule has 3 nitrogen and oxygen atoms in total. The Bertz CT molecular complexity index is 616. The molecule has 0 saturated carbocycles. The van der Waals surface area contributed by atoms with Crippen LogP contribution in [-0.2, 0) is 6.61 Å². The fourth-order valence-electron chi connectivity index (χ4n) is 2.10. The van der Waals surface area contributed by atoms with Gasteiger partial charge in [-0.3, -0.25) is 4.79 Å². The molecule has 2 aromatic rings. The quantitative estimate of drug-likeness (QED) is 0.839. The summed E-state index contributed by atoms with van der Waals surface area (Å²) in [6, 6.07) is 7.86. The molecule has 3 rings (SSSR count). The third kappa shape index (κ3) is 1.45. The molecule has 17 heavy (non-hydrogen) atoms. The van der Waals surface area contributed by atoms with Crippen LogP contribution in [0.15, 0.2) is 24.3 Å². The highest BCUT2D eigenvalue weighted by molar-refractivity contribution is 7.17. The van der Waals surface area contributed by atoms with E-state index in [9.17, 15) is 4.79 Å². The molecular formula is C13H11NO2S. The van der Waals surface area contributed by atoms with Crippen LogP contribution in [0.4, 0.5) is 0 Å². The lowest BCUT2D eigenvalue weighted by Crippen LogP contribution is -2.10. The maximum Gasteiger partial charge on any atom is 0.259 e. The summed E-state index contributed by atoms with van der Waals surface area (Å²) in [6.45, 7) is 2.44. The first-order valence-corrected chi connectivity index (χ1v) is 6.14. The van der Waals surface area contributed by atoms with E-state index in [2.05, 4.69) is 0 Å². The van der Waals surface area contributed by atoms with Gasteiger partial charge in [0.25, 0.3) is 5.91 Å². The monoisotopic (exact) mass is 245 g/mol. The van der Waals surface area contributed by atoms with E-state index in [-0.39, 0.29) is 5.91 Å². The predicted octanol–water partition coefficient (Wildman–Crippen LogP) is 2.71. The van der Waals surface area contributed by atoms with Crippen molar-refractivity contribution in [3.63, 3.8) is 0 Å². The average molecular weight is 245 g/mol. The van der Waals surface area contributed by atoms with Crippen molar-refractivity contribution < 1.29 is 9.53 Å². The lowest BCUT2D eigenvalue weighted by atomic mass is 10.0. The molecule has 1 aromatic heterocycles. The largest absolute Gasteiger partial charge is 0.488 e. The number of fused-ring (bicyclic) bond motifs is 3. The van der Waals surface area contributed by atoms with E-state index in [1.54, 1.807) is 0 Å². The highest BCUT2D eigenvalue weighted by Gasteiger charge is 2.24. The standard InChI is InChI=1S/C13H11NO2S/c1-7-9-6-16-10-5-3-2-4-8(10)12(9)17-11(7)13(14)15/h2-5H,6H2,1H3,(H2,14,15). The predicted molar refractivity (Wildman–Crippen MR) is 67.3 cm³/mol. The fraction of sp³-hybridized carbons (Fsp3) is 0.154. The molecule has 0 atom stereocenters. The van der Waals surface area contributed by atoms with Crippen molar-refractivity contribution in [2.45, 2.75) is 13.5 Å². The second-order valence-electron chi connectivity index (χ2n) is 4.01. The number of para-hydroxylation sites is 1. The molecule has 2 N–H and O–H groups in total. The van der Waals surface area contributed by atoms with Crippen molar-refractivity contribution in [1.29, 1.82) is 0 Å². The summed E-state index contributed by atoms with van der Waals surface area (Å²) in [5, 5.41) is 0. The van der Waals surface area contributed by atoms with Gasteiger partial charge in [-0.15, -0.1) is 11.3 Å². The van der Waals surface area contributed by atoms with Crippen LogP contribution in [0.3, 0.4) is 0 Å². The van der Waals surface area contributed by atoms with Gasteiger partial charge in [0.2, 0.25) is 0 Å². The first-order valence-electron chi connectivity index (χ1n) is 5.32. The minimum absolute atomic E-state index is 0.362. The van der Waals surface area contributed by atoms with E-state index in [4.69, 9.17) is 10.5 Å². The second-order valence-corrected chi connectivity index (χ2v) is 5.03. The van der Waals surface area contributed by atoms with Crippen molar-refractivity contribution in [3.05, 3.63) is 40.3 Å². The maximum atomic E-state index is 11.3. The van der Waals surface area contributed by atoms with E-state index in [1.165, 1.54) is 11.3 Å². The number of primary amides is 1. The topological polar surface area (TPSA) is 52.3 Å². The molecule has 0 spiro atoms. The van der Waals surface area contributed by atoms with Gasteiger partial charge < -0.3 is 10.5 Å². The molecule has 1 aromatic carbocycles. The summed E-state index contributed by atoms with van der Waals surface area (Å²) >= 11 is 1.46. The Labute approximate surface area is 103 Å². The highest BCUT2D eigenvalue weighted by Crippen LogP contribution is 2.44. The Kier molecular flexibility index (Phi) is 2.19. The zero-order valence-electron chi connectivity index (χ0n) is 9.32. The molecule has 86 valence electrons. The number of ether oxygens (including phenoxy) is 1. The number of carbonyl (C=O) groups is 1. The summed E-state index contributed by atoms with van der Waals surface area (Å²) in [7, 11) is 0. The van der Waals surface area contributed by atoms with Gasteiger partial charge in [-0.25, -0.2) is 0 Å². The highest BCUT2D eigenvalue weighted by atomic mass is 32.1. The van der Waals surface area contributed by atoms with E-state index in [0.717, 1.165) is 27.3 Å². The van der Waals surface area contributed by atoms with Crippen LogP contribution in [0.2, 0.25) is 0 Å². The molecule has 1 amide bonds. The van der Waals surface area contributed by atoms with E-state index < -0.39 is 0 Å². The minimum atomic E-state index is -0.362. The molecule has 0 bridgehead atoms. The normalized spacial score (nSPS) is 12.5. The van der Waals surface area contributed by atoms with Crippen LogP contribution < -0.4 is 10.5 Å². The number of thiophene rings is 1. The fourth-order valence-corrected chi connectivity index (χ4v) is 3.30. The zero-order valence-corrected chi connectivity index (χ0v) is 10.1. The lowest BCUT2D eigenvalue weighted by molar-refractivity contribution is 0.100. The number of hydrogen-bond acceptors (Lipinski definition) is 3. The van der Waals surface area contributed by atoms with E-state index >= 15 is 0 Å². The van der Waals surface area contributed by atoms with Crippen molar-refractivity contribution in [2.75, 3.05) is 0 Å². The van der Waals surface area contributed by atoms with Crippen molar-refractivity contribution in [1.82, 2.24) is 0 Å². The van der Waals surface area contributed by atoms with Crippen LogP contribution in [0.5, 0.6) is 5.75 Å². The molecule has 0 fully saturated rings. The summed E-state index contributed by atoms with van der Waals surface area (Å²) in [6.07, 6.45) is 0. The van der Waals surface area contributed by atoms with Crippen LogP contribution in [0.1, 0.15) is 20.8 Å². The van der Waals surface area contributed by atoms with Gasteiger partial charge in [0.1, 0.15) is 12.4 Å². The molecular weight excluding hydrogens is 234 g/mol. The zero-order chi connectivity index (χ0) is 12.0. The summed E-state index contributed by atoms with van der Waals surface area (Å²) in [5.74, 6) is 0.511. The first kappa shape index (κ1) is 10.4. The minimum Gasteiger partial charge on any atom is -0.488 e. The van der Waals surface area contributed by atoms with Crippen molar-refractivity contribution >= 4 is 17.2 Å². The van der Waals surface area contributed by atoms with E-state index in [0.29, 0.717) is 11.5 Å². The summed E-state index contributed by atoms with van der Waals surface area (Å²) in [4.78, 5) is 13.1. The third-order valence-electron chi connectivity index (χ3n) is 3.00. The van der Waals surface area contributed by atoms with Gasteiger partial charge in [0.15, 0.2) is 0 Å². The first-order chi connectivity index (χ1) is 8.18. The lowest BCUT2D eigenvalue weighted by Gasteiger charge is -2.17. The van der Waals surface area contributed by atoms with Crippen molar-refractivity contribution in [3.8, 4) is 16.2 Å². The Morgan fingerprint density at radius 2 is 2.18 bits per heavy atom. The molecule has 0 saturated heterocycles. The van der Waals surface area contributed by atoms with Gasteiger partial charge in [-0.1, -0.05) is 12.1 Å². The molecule has 1 aliphatic rings. The van der Waals surface area contributed by atoms with Gasteiger partial charge in [0.05, 0.1) is 4.88 Å². The Morgan fingerprint density at radius 1 is 1.41 bits per heavy atom. The Balaban J connectivity index is 2.27. The van der Waals surface area contributed by atoms with Crippen LogP contribution in [-0.4, -0.2) is 5.91 Å². The smallest absolute Gasteiger partial charge is 0.259 e. The van der Waals surface area contributed by atoms with Crippen LogP contribution in [0.25, 0.3) is 10.4 Å². The summed E-state index contributed by atoms with van der Waals surface area (Å²) < 4.78 is 5.68. The van der Waals surface area contributed by atoms with Gasteiger partial charge in [0, 0.05) is 16.0 Å². The van der Waals surface area contributed by atoms with Crippen molar-refractivity contribution in [2.24, 2.45) is 5.73 Å². The SMILES string of the molecule is Cc1c(C(N)=O)sc2c1COc1ccccc1-2. The maximum absolute atomic E-state index is 11.3. The molecule has 4 heteroatoms. The Morgan fingerprint density at radius 3 is 2.94 bits per heavy atom. The number of nitrogens with two attached hydrogens (primary N) is 1. The van der Waals surface area contributed by atoms with Crippen LogP contribution in [0, 0.1) is 6.92 Å². The molecule has 0 aliphatic carbocycles. The molecule has 0 radical (unpaired) electrons. The molecule has 0 unspecified atom stereocenters. The average Bonchev–Trinajstić information content (AvgIpc) is 2.67.